The molecular formula is C30H40F3N5O6. The molecular weight excluding hydrogens is 583 g/mol. The Morgan fingerprint density at radius 3 is 2.07 bits per heavy atom. The molecule has 0 bridgehead atoms. The second-order valence-electron chi connectivity index (χ2n) is 11.1. The molecule has 1 heterocycles. The van der Waals surface area contributed by atoms with Gasteiger partial charge < -0.3 is 25.2 Å². The molecule has 242 valence electrons. The minimum atomic E-state index is -4.52. The summed E-state index contributed by atoms with van der Waals surface area (Å²) in [4.78, 5) is 62.6. The quantitative estimate of drug-likeness (QED) is 0.134. The van der Waals surface area contributed by atoms with Gasteiger partial charge in [0.2, 0.25) is 29.4 Å². The molecule has 44 heavy (non-hydrogen) atoms. The highest BCUT2D eigenvalue weighted by molar-refractivity contribution is 6.00. The topological polar surface area (TPSA) is 160 Å². The van der Waals surface area contributed by atoms with Crippen LogP contribution in [0.3, 0.4) is 0 Å². The van der Waals surface area contributed by atoms with Gasteiger partial charge in [-0.25, -0.2) is 0 Å². The molecule has 2 unspecified atom stereocenters. The summed E-state index contributed by atoms with van der Waals surface area (Å²) in [5.41, 5.74) is -0.685. The molecule has 2 aromatic rings. The van der Waals surface area contributed by atoms with Crippen molar-refractivity contribution in [2.45, 2.75) is 97.4 Å². The number of alkyl halides is 3. The van der Waals surface area contributed by atoms with Gasteiger partial charge in [-0.2, -0.15) is 13.2 Å². The fourth-order valence-electron chi connectivity index (χ4n) is 4.28. The predicted octanol–water partition coefficient (Wildman–Crippen LogP) is 4.26. The van der Waals surface area contributed by atoms with Gasteiger partial charge in [-0.05, 0) is 55.4 Å². The number of halogens is 3. The summed E-state index contributed by atoms with van der Waals surface area (Å²) < 4.78 is 44.1. The number of amides is 3. The zero-order valence-corrected chi connectivity index (χ0v) is 25.5. The maximum atomic E-state index is 13.3. The van der Waals surface area contributed by atoms with E-state index in [9.17, 15) is 37.1 Å². The number of nitrogens with zero attached hydrogens (tertiary/aromatic N) is 2. The third kappa shape index (κ3) is 10.6. The minimum Gasteiger partial charge on any atom is -0.414 e. The van der Waals surface area contributed by atoms with Gasteiger partial charge in [-0.1, -0.05) is 41.0 Å². The molecule has 0 aliphatic carbocycles. The SMILES string of the molecule is CCC[C@H](NC(=O)C(NC(=O)CCCCC=O)C(C)C)C(=O)NC(C(=O)c1nnc(-c2ccc(C(F)(F)F)cc2)o1)C(C)C. The van der Waals surface area contributed by atoms with Crippen LogP contribution in [-0.2, 0) is 25.4 Å². The van der Waals surface area contributed by atoms with Crippen molar-refractivity contribution in [3.05, 3.63) is 35.7 Å². The molecule has 0 fully saturated rings. The number of hydrogen-bond donors (Lipinski definition) is 3. The maximum Gasteiger partial charge on any atom is 0.416 e. The Bertz CT molecular complexity index is 1280. The van der Waals surface area contributed by atoms with Gasteiger partial charge in [0, 0.05) is 18.4 Å². The third-order valence-corrected chi connectivity index (χ3v) is 6.79. The van der Waals surface area contributed by atoms with E-state index in [1.54, 1.807) is 27.7 Å². The van der Waals surface area contributed by atoms with Crippen molar-refractivity contribution in [1.82, 2.24) is 26.1 Å². The number of hydrogen-bond acceptors (Lipinski definition) is 8. The average Bonchev–Trinajstić information content (AvgIpc) is 3.46. The minimum absolute atomic E-state index is 0.150. The lowest BCUT2D eigenvalue weighted by Crippen LogP contribution is -2.57. The number of carbonyl (C=O) groups is 5. The number of aldehydes is 1. The number of carbonyl (C=O) groups excluding carboxylic acids is 5. The Labute approximate surface area is 254 Å². The summed E-state index contributed by atoms with van der Waals surface area (Å²) in [6.07, 6.45) is -1.42. The number of nitrogens with one attached hydrogen (secondary N) is 3. The summed E-state index contributed by atoms with van der Waals surface area (Å²) in [6.45, 7) is 8.69. The van der Waals surface area contributed by atoms with Crippen molar-refractivity contribution < 1.29 is 41.6 Å². The molecule has 2 rings (SSSR count). The molecule has 3 amide bonds. The number of aromatic nitrogens is 2. The first-order valence-corrected chi connectivity index (χ1v) is 14.6. The monoisotopic (exact) mass is 623 g/mol. The lowest BCUT2D eigenvalue weighted by molar-refractivity contribution is -0.137. The largest absolute Gasteiger partial charge is 0.416 e. The lowest BCUT2D eigenvalue weighted by atomic mass is 9.98. The van der Waals surface area contributed by atoms with Crippen LogP contribution in [0.4, 0.5) is 13.2 Å². The molecule has 0 aliphatic heterocycles. The van der Waals surface area contributed by atoms with Gasteiger partial charge in [-0.3, -0.25) is 19.2 Å². The standard InChI is InChI=1S/C30H40F3N5O6/c1-6-10-21(34-27(43)24(18(4)5)35-22(40)11-8-7-9-16-39)26(42)36-23(17(2)3)25(41)29-38-37-28(44-29)19-12-14-20(15-13-19)30(31,32)33/h12-18,21,23-24H,6-11H2,1-5H3,(H,34,43)(H,35,40)(H,36,42)/t21-,23?,24?/m0/s1. The molecule has 0 aliphatic rings. The molecule has 1 aromatic heterocycles. The van der Waals surface area contributed by atoms with E-state index in [-0.39, 0.29) is 36.1 Å². The molecule has 0 radical (unpaired) electrons. The van der Waals surface area contributed by atoms with E-state index < -0.39 is 59.3 Å². The lowest BCUT2D eigenvalue weighted by Gasteiger charge is -2.27. The van der Waals surface area contributed by atoms with Crippen LogP contribution in [0.25, 0.3) is 11.5 Å². The van der Waals surface area contributed by atoms with Crippen molar-refractivity contribution in [1.29, 1.82) is 0 Å². The van der Waals surface area contributed by atoms with Crippen LogP contribution in [0.5, 0.6) is 0 Å². The third-order valence-electron chi connectivity index (χ3n) is 6.79. The van der Waals surface area contributed by atoms with E-state index in [0.29, 0.717) is 25.7 Å². The van der Waals surface area contributed by atoms with Gasteiger partial charge in [0.25, 0.3) is 5.89 Å². The Kier molecular flexibility index (Phi) is 13.7. The fraction of sp³-hybridized carbons (Fsp3) is 0.567. The second-order valence-corrected chi connectivity index (χ2v) is 11.1. The van der Waals surface area contributed by atoms with Crippen molar-refractivity contribution >= 4 is 29.8 Å². The van der Waals surface area contributed by atoms with Crippen molar-refractivity contribution in [3.63, 3.8) is 0 Å². The molecule has 11 nitrogen and oxygen atoms in total. The number of benzene rings is 1. The van der Waals surface area contributed by atoms with Gasteiger partial charge in [0.05, 0.1) is 11.6 Å². The van der Waals surface area contributed by atoms with Gasteiger partial charge in [0.1, 0.15) is 18.4 Å². The number of unbranched alkanes of at least 4 members (excludes halogenated alkanes) is 2. The number of ketones is 1. The first-order chi connectivity index (χ1) is 20.7. The highest BCUT2D eigenvalue weighted by atomic mass is 19.4. The molecule has 14 heteroatoms. The number of rotatable bonds is 17. The van der Waals surface area contributed by atoms with E-state index in [4.69, 9.17) is 4.42 Å². The summed E-state index contributed by atoms with van der Waals surface area (Å²) in [5.74, 6) is -3.57. The summed E-state index contributed by atoms with van der Waals surface area (Å²) >= 11 is 0. The van der Waals surface area contributed by atoms with Crippen LogP contribution >= 0.6 is 0 Å². The molecule has 0 saturated carbocycles. The molecule has 3 atom stereocenters. The van der Waals surface area contributed by atoms with E-state index in [1.165, 1.54) is 0 Å². The van der Waals surface area contributed by atoms with E-state index >= 15 is 0 Å². The van der Waals surface area contributed by atoms with Crippen LogP contribution < -0.4 is 16.0 Å². The van der Waals surface area contributed by atoms with E-state index in [0.717, 1.165) is 30.6 Å². The zero-order valence-electron chi connectivity index (χ0n) is 25.5. The van der Waals surface area contributed by atoms with E-state index in [1.807, 2.05) is 6.92 Å². The van der Waals surface area contributed by atoms with Gasteiger partial charge in [-0.15, -0.1) is 10.2 Å². The van der Waals surface area contributed by atoms with Crippen molar-refractivity contribution in [3.8, 4) is 11.5 Å². The summed E-state index contributed by atoms with van der Waals surface area (Å²) in [7, 11) is 0. The van der Waals surface area contributed by atoms with Gasteiger partial charge >= 0.3 is 6.18 Å². The second kappa shape index (κ2) is 16.7. The van der Waals surface area contributed by atoms with E-state index in [2.05, 4.69) is 26.1 Å². The Morgan fingerprint density at radius 2 is 1.52 bits per heavy atom. The Balaban J connectivity index is 2.13. The summed E-state index contributed by atoms with van der Waals surface area (Å²) in [5, 5.41) is 15.6. The Hall–Kier alpha value is -4.10. The average molecular weight is 624 g/mol. The van der Waals surface area contributed by atoms with Crippen LogP contribution in [-0.4, -0.2) is 58.1 Å². The molecule has 0 spiro atoms. The number of Topliss-reactive ketones (excluding diaryl/α,β-unsaturated/α-hetero) is 1. The van der Waals surface area contributed by atoms with Crippen LogP contribution in [0.2, 0.25) is 0 Å². The first kappa shape index (κ1) is 36.1. The van der Waals surface area contributed by atoms with Crippen LogP contribution in [0.1, 0.15) is 89.4 Å². The normalized spacial score (nSPS) is 13.7. The molecule has 0 saturated heterocycles. The van der Waals surface area contributed by atoms with Crippen molar-refractivity contribution in [2.75, 3.05) is 0 Å². The maximum absolute atomic E-state index is 13.3. The predicted molar refractivity (Wildman–Crippen MR) is 154 cm³/mol. The zero-order chi connectivity index (χ0) is 33.0. The first-order valence-electron chi connectivity index (χ1n) is 14.6. The molecule has 1 aromatic carbocycles. The van der Waals surface area contributed by atoms with Crippen LogP contribution in [0, 0.1) is 11.8 Å². The Morgan fingerprint density at radius 1 is 0.886 bits per heavy atom. The highest BCUT2D eigenvalue weighted by Crippen LogP contribution is 2.30. The molecule has 3 N–H and O–H groups in total. The highest BCUT2D eigenvalue weighted by Gasteiger charge is 2.34. The van der Waals surface area contributed by atoms with Crippen molar-refractivity contribution in [2.24, 2.45) is 11.8 Å². The van der Waals surface area contributed by atoms with Crippen LogP contribution in [0.15, 0.2) is 28.7 Å². The summed E-state index contributed by atoms with van der Waals surface area (Å²) in [6, 6.07) is 0.947. The smallest absolute Gasteiger partial charge is 0.414 e. The fourth-order valence-corrected chi connectivity index (χ4v) is 4.28. The van der Waals surface area contributed by atoms with Gasteiger partial charge in [0.15, 0.2) is 0 Å².